The summed E-state index contributed by atoms with van der Waals surface area (Å²) in [6.45, 7) is 5.28. The lowest BCUT2D eigenvalue weighted by atomic mass is 9.84. The third-order valence-corrected chi connectivity index (χ3v) is 4.07. The van der Waals surface area contributed by atoms with Gasteiger partial charge in [0.05, 0.1) is 0 Å². The van der Waals surface area contributed by atoms with Gasteiger partial charge in [0.2, 0.25) is 0 Å². The standard InChI is InChI=1S/C15H27N5O/c1-3-11-6-5-7-12(8-11)17-13-9-14(20-16)19-15(18-13)10-21-4-2/h9,11-12H,3-8,10,16H2,1-2H3,(H2,17,18,19,20). The topological polar surface area (TPSA) is 85.1 Å². The van der Waals surface area contributed by atoms with Gasteiger partial charge in [-0.3, -0.25) is 0 Å². The van der Waals surface area contributed by atoms with Crippen LogP contribution in [0.4, 0.5) is 11.6 Å². The highest BCUT2D eigenvalue weighted by molar-refractivity contribution is 5.47. The van der Waals surface area contributed by atoms with E-state index in [0.717, 1.165) is 11.7 Å². The molecule has 118 valence electrons. The molecule has 6 heteroatoms. The van der Waals surface area contributed by atoms with E-state index in [2.05, 4.69) is 27.6 Å². The molecule has 2 unspecified atom stereocenters. The van der Waals surface area contributed by atoms with Gasteiger partial charge in [0.1, 0.15) is 18.2 Å². The Hall–Kier alpha value is -1.40. The molecular weight excluding hydrogens is 266 g/mol. The molecule has 4 N–H and O–H groups in total. The molecule has 0 spiro atoms. The maximum atomic E-state index is 5.48. The zero-order valence-corrected chi connectivity index (χ0v) is 13.1. The number of anilines is 2. The number of hydrogen-bond donors (Lipinski definition) is 3. The van der Waals surface area contributed by atoms with Crippen LogP contribution in [0.3, 0.4) is 0 Å². The van der Waals surface area contributed by atoms with E-state index in [-0.39, 0.29) is 0 Å². The van der Waals surface area contributed by atoms with Crippen molar-refractivity contribution in [1.82, 2.24) is 9.97 Å². The fraction of sp³-hybridized carbons (Fsp3) is 0.733. The molecular formula is C15H27N5O. The molecule has 21 heavy (non-hydrogen) atoms. The first-order valence-corrected chi connectivity index (χ1v) is 7.94. The SMILES string of the molecule is CCOCc1nc(NN)cc(NC2CCCC(CC)C2)n1. The number of hydrazine groups is 1. The van der Waals surface area contributed by atoms with E-state index in [1.807, 2.05) is 13.0 Å². The molecule has 0 amide bonds. The molecule has 1 fully saturated rings. The van der Waals surface area contributed by atoms with Crippen LogP contribution in [0, 0.1) is 5.92 Å². The number of ether oxygens (including phenoxy) is 1. The molecule has 0 radical (unpaired) electrons. The van der Waals surface area contributed by atoms with E-state index in [1.165, 1.54) is 32.1 Å². The van der Waals surface area contributed by atoms with Gasteiger partial charge in [-0.25, -0.2) is 15.8 Å². The van der Waals surface area contributed by atoms with Crippen LogP contribution in [-0.2, 0) is 11.3 Å². The second-order valence-electron chi connectivity index (χ2n) is 5.62. The predicted octanol–water partition coefficient (Wildman–Crippen LogP) is 2.68. The van der Waals surface area contributed by atoms with Gasteiger partial charge in [-0.15, -0.1) is 0 Å². The predicted molar refractivity (Wildman–Crippen MR) is 84.8 cm³/mol. The highest BCUT2D eigenvalue weighted by Crippen LogP contribution is 2.28. The van der Waals surface area contributed by atoms with Gasteiger partial charge in [-0.1, -0.05) is 26.2 Å². The fourth-order valence-electron chi connectivity index (χ4n) is 2.90. The third kappa shape index (κ3) is 4.82. The van der Waals surface area contributed by atoms with Crippen molar-refractivity contribution in [3.8, 4) is 0 Å². The molecule has 2 atom stereocenters. The van der Waals surface area contributed by atoms with Crippen LogP contribution in [0.25, 0.3) is 0 Å². The molecule has 1 aliphatic rings. The Morgan fingerprint density at radius 3 is 2.81 bits per heavy atom. The van der Waals surface area contributed by atoms with E-state index in [9.17, 15) is 0 Å². The molecule has 0 aliphatic heterocycles. The van der Waals surface area contributed by atoms with E-state index >= 15 is 0 Å². The van der Waals surface area contributed by atoms with Crippen molar-refractivity contribution in [3.63, 3.8) is 0 Å². The smallest absolute Gasteiger partial charge is 0.158 e. The number of rotatable bonds is 7. The summed E-state index contributed by atoms with van der Waals surface area (Å²) >= 11 is 0. The molecule has 0 saturated heterocycles. The number of hydrogen-bond acceptors (Lipinski definition) is 6. The molecule has 1 aromatic rings. The van der Waals surface area contributed by atoms with Crippen molar-refractivity contribution < 1.29 is 4.74 Å². The minimum absolute atomic E-state index is 0.406. The number of nitrogens with one attached hydrogen (secondary N) is 2. The zero-order chi connectivity index (χ0) is 15.1. The lowest BCUT2D eigenvalue weighted by molar-refractivity contribution is 0.128. The lowest BCUT2D eigenvalue weighted by Crippen LogP contribution is -2.28. The Balaban J connectivity index is 2.03. The first kappa shape index (κ1) is 16.0. The molecule has 6 nitrogen and oxygen atoms in total. The maximum absolute atomic E-state index is 5.48. The summed E-state index contributed by atoms with van der Waals surface area (Å²) in [6.07, 6.45) is 6.31. The van der Waals surface area contributed by atoms with Gasteiger partial charge < -0.3 is 15.5 Å². The van der Waals surface area contributed by atoms with Gasteiger partial charge in [0, 0.05) is 18.7 Å². The Labute approximate surface area is 126 Å². The monoisotopic (exact) mass is 293 g/mol. The van der Waals surface area contributed by atoms with Crippen LogP contribution >= 0.6 is 0 Å². The van der Waals surface area contributed by atoms with Crippen molar-refractivity contribution in [2.24, 2.45) is 11.8 Å². The first-order chi connectivity index (χ1) is 10.2. The highest BCUT2D eigenvalue weighted by Gasteiger charge is 2.21. The van der Waals surface area contributed by atoms with Crippen molar-refractivity contribution in [3.05, 3.63) is 11.9 Å². The zero-order valence-electron chi connectivity index (χ0n) is 13.1. The summed E-state index contributed by atoms with van der Waals surface area (Å²) in [4.78, 5) is 8.82. The van der Waals surface area contributed by atoms with Gasteiger partial charge >= 0.3 is 0 Å². The summed E-state index contributed by atoms with van der Waals surface area (Å²) in [7, 11) is 0. The van der Waals surface area contributed by atoms with Gasteiger partial charge in [0.15, 0.2) is 5.82 Å². The van der Waals surface area contributed by atoms with Gasteiger partial charge in [0.25, 0.3) is 0 Å². The van der Waals surface area contributed by atoms with Crippen LogP contribution in [0.2, 0.25) is 0 Å². The second-order valence-corrected chi connectivity index (χ2v) is 5.62. The largest absolute Gasteiger partial charge is 0.374 e. The molecule has 1 aromatic heterocycles. The van der Waals surface area contributed by atoms with Crippen molar-refractivity contribution in [1.29, 1.82) is 0 Å². The van der Waals surface area contributed by atoms with Crippen LogP contribution < -0.4 is 16.6 Å². The van der Waals surface area contributed by atoms with Gasteiger partial charge in [-0.05, 0) is 25.7 Å². The van der Waals surface area contributed by atoms with Crippen LogP contribution in [0.15, 0.2) is 6.07 Å². The molecule has 1 heterocycles. The molecule has 1 saturated carbocycles. The number of aromatic nitrogens is 2. The number of nitrogen functional groups attached to an aromatic ring is 1. The van der Waals surface area contributed by atoms with Crippen LogP contribution in [-0.4, -0.2) is 22.6 Å². The molecule has 1 aliphatic carbocycles. The van der Waals surface area contributed by atoms with E-state index in [0.29, 0.717) is 30.9 Å². The van der Waals surface area contributed by atoms with Crippen LogP contribution in [0.1, 0.15) is 51.8 Å². The summed E-state index contributed by atoms with van der Waals surface area (Å²) in [6, 6.07) is 2.34. The first-order valence-electron chi connectivity index (χ1n) is 7.94. The summed E-state index contributed by atoms with van der Waals surface area (Å²) < 4.78 is 5.38. The quantitative estimate of drug-likeness (QED) is 0.529. The van der Waals surface area contributed by atoms with Crippen LogP contribution in [0.5, 0.6) is 0 Å². The van der Waals surface area contributed by atoms with Crippen molar-refractivity contribution >= 4 is 11.6 Å². The Bertz CT molecular complexity index is 440. The molecule has 0 bridgehead atoms. The van der Waals surface area contributed by atoms with Crippen molar-refractivity contribution in [2.45, 2.75) is 58.6 Å². The van der Waals surface area contributed by atoms with E-state index in [1.54, 1.807) is 0 Å². The Kier molecular flexibility index (Phi) is 6.20. The van der Waals surface area contributed by atoms with E-state index < -0.39 is 0 Å². The van der Waals surface area contributed by atoms with Crippen molar-refractivity contribution in [2.75, 3.05) is 17.3 Å². The average molecular weight is 293 g/mol. The minimum atomic E-state index is 0.406. The second kappa shape index (κ2) is 8.14. The molecule has 0 aromatic carbocycles. The average Bonchev–Trinajstić information content (AvgIpc) is 2.52. The Morgan fingerprint density at radius 1 is 1.29 bits per heavy atom. The highest BCUT2D eigenvalue weighted by atomic mass is 16.5. The minimum Gasteiger partial charge on any atom is -0.374 e. The normalized spacial score (nSPS) is 22.0. The maximum Gasteiger partial charge on any atom is 0.158 e. The van der Waals surface area contributed by atoms with E-state index in [4.69, 9.17) is 10.6 Å². The third-order valence-electron chi connectivity index (χ3n) is 4.07. The summed E-state index contributed by atoms with van der Waals surface area (Å²) in [5.74, 6) is 8.41. The lowest BCUT2D eigenvalue weighted by Gasteiger charge is -2.29. The summed E-state index contributed by atoms with van der Waals surface area (Å²) in [5.41, 5.74) is 2.59. The fourth-order valence-corrected chi connectivity index (χ4v) is 2.90. The number of nitrogens with zero attached hydrogens (tertiary/aromatic N) is 2. The summed E-state index contributed by atoms with van der Waals surface area (Å²) in [5, 5.41) is 3.53. The molecule has 2 rings (SSSR count). The Morgan fingerprint density at radius 2 is 2.10 bits per heavy atom. The van der Waals surface area contributed by atoms with Gasteiger partial charge in [-0.2, -0.15) is 0 Å². The number of nitrogens with two attached hydrogens (primary N) is 1.